The van der Waals surface area contributed by atoms with Crippen LogP contribution in [0.5, 0.6) is 0 Å². The van der Waals surface area contributed by atoms with E-state index in [4.69, 9.17) is 16.7 Å². The van der Waals surface area contributed by atoms with Crippen molar-refractivity contribution in [1.29, 1.82) is 0 Å². The van der Waals surface area contributed by atoms with Crippen molar-refractivity contribution in [2.75, 3.05) is 18.4 Å². The van der Waals surface area contributed by atoms with Crippen molar-refractivity contribution < 1.29 is 15.0 Å². The van der Waals surface area contributed by atoms with Gasteiger partial charge < -0.3 is 20.8 Å². The van der Waals surface area contributed by atoms with E-state index in [1.54, 1.807) is 12.1 Å². The normalized spacial score (nSPS) is 13.2. The Kier molecular flexibility index (Phi) is 7.45. The van der Waals surface area contributed by atoms with Crippen molar-refractivity contribution in [1.82, 2.24) is 5.32 Å². The average Bonchev–Trinajstić information content (AvgIpc) is 2.58. The highest BCUT2D eigenvalue weighted by molar-refractivity contribution is 6.30. The Bertz CT molecular complexity index is 752. The number of carboxylic acids is 1. The summed E-state index contributed by atoms with van der Waals surface area (Å²) in [7, 11) is 0. The third-order valence-corrected chi connectivity index (χ3v) is 4.37. The third kappa shape index (κ3) is 6.33. The van der Waals surface area contributed by atoms with Gasteiger partial charge in [-0.1, -0.05) is 35.9 Å². The molecule has 0 spiro atoms. The zero-order valence-electron chi connectivity index (χ0n) is 15.0. The molecule has 0 aliphatic carbocycles. The van der Waals surface area contributed by atoms with Gasteiger partial charge in [0.25, 0.3) is 0 Å². The number of hydrogen-bond acceptors (Lipinski definition) is 4. The first-order valence-electron chi connectivity index (χ1n) is 8.57. The lowest BCUT2D eigenvalue weighted by molar-refractivity contribution is -0.136. The molecule has 2 aromatic rings. The van der Waals surface area contributed by atoms with Gasteiger partial charge in [-0.3, -0.25) is 4.79 Å². The largest absolute Gasteiger partial charge is 0.481 e. The number of rotatable bonds is 9. The zero-order chi connectivity index (χ0) is 19.1. The van der Waals surface area contributed by atoms with E-state index in [2.05, 4.69) is 10.6 Å². The molecule has 0 aliphatic rings. The monoisotopic (exact) mass is 376 g/mol. The van der Waals surface area contributed by atoms with E-state index in [0.717, 1.165) is 22.4 Å². The van der Waals surface area contributed by atoms with Gasteiger partial charge >= 0.3 is 5.97 Å². The van der Waals surface area contributed by atoms with E-state index in [1.807, 2.05) is 44.2 Å². The number of aliphatic hydroxyl groups is 1. The summed E-state index contributed by atoms with van der Waals surface area (Å²) in [5.74, 6) is -0.832. The summed E-state index contributed by atoms with van der Waals surface area (Å²) in [5, 5.41) is 26.3. The molecule has 0 aromatic heterocycles. The van der Waals surface area contributed by atoms with Gasteiger partial charge in [0.15, 0.2) is 0 Å². The van der Waals surface area contributed by atoms with Crippen LogP contribution in [0.1, 0.15) is 29.7 Å². The van der Waals surface area contributed by atoms with Crippen LogP contribution in [0, 0.1) is 6.92 Å². The summed E-state index contributed by atoms with van der Waals surface area (Å²) in [6.45, 7) is 5.10. The molecule has 2 unspecified atom stereocenters. The fourth-order valence-electron chi connectivity index (χ4n) is 2.69. The highest BCUT2D eigenvalue weighted by Crippen LogP contribution is 2.18. The number of aliphatic carboxylic acids is 1. The highest BCUT2D eigenvalue weighted by atomic mass is 35.5. The summed E-state index contributed by atoms with van der Waals surface area (Å²) >= 11 is 5.95. The first-order chi connectivity index (χ1) is 12.3. The number of benzene rings is 2. The Labute approximate surface area is 159 Å². The molecule has 0 saturated heterocycles. The molecule has 0 radical (unpaired) electrons. The van der Waals surface area contributed by atoms with Gasteiger partial charge in [-0.25, -0.2) is 0 Å². The number of carboxylic acid groups (broad SMARTS) is 1. The van der Waals surface area contributed by atoms with Gasteiger partial charge in [-0.05, 0) is 48.7 Å². The minimum atomic E-state index is -0.832. The molecule has 0 bridgehead atoms. The minimum Gasteiger partial charge on any atom is -0.481 e. The lowest BCUT2D eigenvalue weighted by Gasteiger charge is -2.19. The van der Waals surface area contributed by atoms with Gasteiger partial charge in [0.1, 0.15) is 0 Å². The molecule has 4 N–H and O–H groups in total. The average molecular weight is 377 g/mol. The van der Waals surface area contributed by atoms with Gasteiger partial charge in [-0.2, -0.15) is 0 Å². The molecule has 0 amide bonds. The smallest absolute Gasteiger partial charge is 0.307 e. The van der Waals surface area contributed by atoms with E-state index in [9.17, 15) is 9.90 Å². The molecule has 2 rings (SSSR count). The van der Waals surface area contributed by atoms with E-state index in [0.29, 0.717) is 18.1 Å². The molecule has 0 heterocycles. The maximum absolute atomic E-state index is 10.8. The number of aryl methyl sites for hydroxylation is 1. The zero-order valence-corrected chi connectivity index (χ0v) is 15.8. The molecular weight excluding hydrogens is 352 g/mol. The highest BCUT2D eigenvalue weighted by Gasteiger charge is 2.10. The van der Waals surface area contributed by atoms with Crippen LogP contribution in [0.3, 0.4) is 0 Å². The molecule has 0 aliphatic heterocycles. The second kappa shape index (κ2) is 9.57. The standard InChI is InChI=1S/C20H25ClN2O3/c1-13-8-15(9-20(25)26)6-7-18(13)23-11-14(2)22-12-19(24)16-4-3-5-17(21)10-16/h3-8,10,14,19,22-24H,9,11-12H2,1-2H3,(H,25,26). The van der Waals surface area contributed by atoms with Crippen molar-refractivity contribution in [3.05, 3.63) is 64.2 Å². The number of halogens is 1. The Hall–Kier alpha value is -2.08. The van der Waals surface area contributed by atoms with Gasteiger partial charge in [-0.15, -0.1) is 0 Å². The molecule has 0 saturated carbocycles. The fraction of sp³-hybridized carbons (Fsp3) is 0.350. The van der Waals surface area contributed by atoms with Crippen LogP contribution in [0.4, 0.5) is 5.69 Å². The second-order valence-electron chi connectivity index (χ2n) is 6.48. The summed E-state index contributed by atoms with van der Waals surface area (Å²) in [5.41, 5.74) is 3.56. The van der Waals surface area contributed by atoms with Gasteiger partial charge in [0.05, 0.1) is 12.5 Å². The summed E-state index contributed by atoms with van der Waals surface area (Å²) in [6.07, 6.45) is -0.589. The van der Waals surface area contributed by atoms with Crippen LogP contribution >= 0.6 is 11.6 Å². The Morgan fingerprint density at radius 3 is 2.62 bits per heavy atom. The molecule has 0 fully saturated rings. The molecule has 26 heavy (non-hydrogen) atoms. The van der Waals surface area contributed by atoms with Crippen LogP contribution in [0.2, 0.25) is 5.02 Å². The van der Waals surface area contributed by atoms with Crippen molar-refractivity contribution in [3.8, 4) is 0 Å². The summed E-state index contributed by atoms with van der Waals surface area (Å²) in [4.78, 5) is 10.8. The molecule has 6 heteroatoms. The maximum Gasteiger partial charge on any atom is 0.307 e. The minimum absolute atomic E-state index is 0.0282. The first-order valence-corrected chi connectivity index (χ1v) is 8.95. The SMILES string of the molecule is Cc1cc(CC(=O)O)ccc1NCC(C)NCC(O)c1cccc(Cl)c1. The molecule has 140 valence electrons. The van der Waals surface area contributed by atoms with E-state index in [1.165, 1.54) is 0 Å². The van der Waals surface area contributed by atoms with Crippen molar-refractivity contribution in [3.63, 3.8) is 0 Å². The molecule has 5 nitrogen and oxygen atoms in total. The number of carbonyl (C=O) groups is 1. The van der Waals surface area contributed by atoms with Crippen LogP contribution in [0.25, 0.3) is 0 Å². The number of anilines is 1. The number of aliphatic hydroxyl groups excluding tert-OH is 1. The van der Waals surface area contributed by atoms with E-state index < -0.39 is 12.1 Å². The molecule has 2 aromatic carbocycles. The van der Waals surface area contributed by atoms with Crippen molar-refractivity contribution in [2.45, 2.75) is 32.4 Å². The molecule has 2 atom stereocenters. The first kappa shape index (κ1) is 20.2. The predicted octanol–water partition coefficient (Wildman–Crippen LogP) is 3.40. The summed E-state index contributed by atoms with van der Waals surface area (Å²) in [6, 6.07) is 13.0. The quantitative estimate of drug-likeness (QED) is 0.539. The van der Waals surface area contributed by atoms with Gasteiger partial charge in [0.2, 0.25) is 0 Å². The maximum atomic E-state index is 10.8. The Morgan fingerprint density at radius 2 is 1.96 bits per heavy atom. The van der Waals surface area contributed by atoms with E-state index >= 15 is 0 Å². The lowest BCUT2D eigenvalue weighted by atomic mass is 10.1. The fourth-order valence-corrected chi connectivity index (χ4v) is 2.89. The summed E-state index contributed by atoms with van der Waals surface area (Å²) < 4.78 is 0. The van der Waals surface area contributed by atoms with Crippen LogP contribution in [0.15, 0.2) is 42.5 Å². The second-order valence-corrected chi connectivity index (χ2v) is 6.92. The third-order valence-electron chi connectivity index (χ3n) is 4.14. The van der Waals surface area contributed by atoms with Crippen LogP contribution < -0.4 is 10.6 Å². The number of nitrogens with one attached hydrogen (secondary N) is 2. The van der Waals surface area contributed by atoms with E-state index in [-0.39, 0.29) is 12.5 Å². The molecular formula is C20H25ClN2O3. The number of hydrogen-bond donors (Lipinski definition) is 4. The topological polar surface area (TPSA) is 81.6 Å². The van der Waals surface area contributed by atoms with Crippen LogP contribution in [-0.2, 0) is 11.2 Å². The van der Waals surface area contributed by atoms with Crippen molar-refractivity contribution >= 4 is 23.3 Å². The Morgan fingerprint density at radius 1 is 1.19 bits per heavy atom. The van der Waals surface area contributed by atoms with Gasteiger partial charge in [0, 0.05) is 29.8 Å². The van der Waals surface area contributed by atoms with Crippen LogP contribution in [-0.4, -0.2) is 35.3 Å². The predicted molar refractivity (Wildman–Crippen MR) is 105 cm³/mol. The lowest BCUT2D eigenvalue weighted by Crippen LogP contribution is -2.35. The van der Waals surface area contributed by atoms with Crippen molar-refractivity contribution in [2.24, 2.45) is 0 Å². The Balaban J connectivity index is 1.81.